The van der Waals surface area contributed by atoms with E-state index in [9.17, 15) is 4.39 Å². The molecule has 0 amide bonds. The topological polar surface area (TPSA) is 61.7 Å². The van der Waals surface area contributed by atoms with Crippen LogP contribution in [0.25, 0.3) is 0 Å². The number of hydrogen-bond acceptors (Lipinski definition) is 3. The van der Waals surface area contributed by atoms with E-state index in [0.717, 1.165) is 25.2 Å². The Labute approximate surface area is 112 Å². The molecule has 1 unspecified atom stereocenters. The molecule has 0 saturated carbocycles. The Hall–Kier alpha value is -1.82. The van der Waals surface area contributed by atoms with Gasteiger partial charge in [0.25, 0.3) is 0 Å². The lowest BCUT2D eigenvalue weighted by Crippen LogP contribution is -2.25. The second-order valence-electron chi connectivity index (χ2n) is 4.36. The summed E-state index contributed by atoms with van der Waals surface area (Å²) in [5.41, 5.74) is 2.30. The predicted molar refractivity (Wildman–Crippen MR) is 75.7 cm³/mol. The molecule has 1 aromatic rings. The lowest BCUT2D eigenvalue weighted by Gasteiger charge is -2.17. The Morgan fingerprint density at radius 2 is 2.42 bits per heavy atom. The van der Waals surface area contributed by atoms with Crippen LogP contribution in [0.4, 0.5) is 10.2 Å². The number of rotatable bonds is 2. The molecule has 0 radical (unpaired) electrons. The number of fused-ring (bicyclic) bond motifs is 1. The van der Waals surface area contributed by atoms with Gasteiger partial charge in [-0.15, -0.1) is 0 Å². The standard InChI is InChI=1S/C13H18FN5/c1-9(14)7-17-13(15-2)19-12-4-3-10-8-16-6-5-11(10)18-12/h3-4,7,9,16H,5-6,8H2,1-2H3,(H,15,18,19)/b17-7-. The summed E-state index contributed by atoms with van der Waals surface area (Å²) in [6.07, 6.45) is 1.02. The maximum atomic E-state index is 12.7. The van der Waals surface area contributed by atoms with Gasteiger partial charge >= 0.3 is 0 Å². The van der Waals surface area contributed by atoms with Gasteiger partial charge in [-0.1, -0.05) is 6.07 Å². The van der Waals surface area contributed by atoms with Crippen LogP contribution in [-0.2, 0) is 13.0 Å². The Balaban J connectivity index is 2.10. The number of alkyl halides is 1. The molecule has 1 atom stereocenters. The lowest BCUT2D eigenvalue weighted by molar-refractivity contribution is 0.461. The van der Waals surface area contributed by atoms with Crippen molar-refractivity contribution in [3.05, 3.63) is 23.4 Å². The zero-order valence-electron chi connectivity index (χ0n) is 11.2. The van der Waals surface area contributed by atoms with Crippen molar-refractivity contribution in [1.29, 1.82) is 0 Å². The number of halogens is 1. The number of aliphatic imine (C=N–C) groups is 2. The van der Waals surface area contributed by atoms with E-state index in [1.165, 1.54) is 18.7 Å². The average Bonchev–Trinajstić information content (AvgIpc) is 2.43. The van der Waals surface area contributed by atoms with E-state index in [4.69, 9.17) is 0 Å². The highest BCUT2D eigenvalue weighted by Crippen LogP contribution is 2.14. The van der Waals surface area contributed by atoms with Gasteiger partial charge in [0.1, 0.15) is 12.0 Å². The van der Waals surface area contributed by atoms with Crippen molar-refractivity contribution in [3.63, 3.8) is 0 Å². The Kier molecular flexibility index (Phi) is 4.57. The highest BCUT2D eigenvalue weighted by atomic mass is 19.1. The van der Waals surface area contributed by atoms with Crippen molar-refractivity contribution in [3.8, 4) is 0 Å². The highest BCUT2D eigenvalue weighted by molar-refractivity contribution is 5.98. The maximum absolute atomic E-state index is 12.7. The van der Waals surface area contributed by atoms with E-state index < -0.39 is 6.17 Å². The Bertz CT molecular complexity index is 496. The van der Waals surface area contributed by atoms with Crippen LogP contribution in [-0.4, -0.2) is 36.9 Å². The van der Waals surface area contributed by atoms with E-state index in [-0.39, 0.29) is 0 Å². The summed E-state index contributed by atoms with van der Waals surface area (Å²) in [6, 6.07) is 3.91. The number of aromatic nitrogens is 1. The zero-order chi connectivity index (χ0) is 13.7. The van der Waals surface area contributed by atoms with Crippen LogP contribution in [0.3, 0.4) is 0 Å². The fourth-order valence-corrected chi connectivity index (χ4v) is 1.84. The molecule has 5 nitrogen and oxygen atoms in total. The van der Waals surface area contributed by atoms with Crippen LogP contribution >= 0.6 is 0 Å². The zero-order valence-corrected chi connectivity index (χ0v) is 11.2. The van der Waals surface area contributed by atoms with Crippen LogP contribution < -0.4 is 10.6 Å². The monoisotopic (exact) mass is 263 g/mol. The normalized spacial score (nSPS) is 17.3. The first-order chi connectivity index (χ1) is 9.19. The fourth-order valence-electron chi connectivity index (χ4n) is 1.84. The van der Waals surface area contributed by atoms with Gasteiger partial charge in [-0.25, -0.2) is 14.4 Å². The van der Waals surface area contributed by atoms with Crippen LogP contribution in [0.2, 0.25) is 0 Å². The Morgan fingerprint density at radius 3 is 3.16 bits per heavy atom. The van der Waals surface area contributed by atoms with Gasteiger partial charge in [0.15, 0.2) is 0 Å². The first-order valence-electron chi connectivity index (χ1n) is 6.30. The minimum atomic E-state index is -1.10. The first kappa shape index (κ1) is 13.6. The number of nitrogens with one attached hydrogen (secondary N) is 2. The summed E-state index contributed by atoms with van der Waals surface area (Å²) in [6.45, 7) is 3.21. The summed E-state index contributed by atoms with van der Waals surface area (Å²) in [7, 11) is 1.60. The van der Waals surface area contributed by atoms with Gasteiger partial charge in [0.2, 0.25) is 5.96 Å². The van der Waals surface area contributed by atoms with Crippen molar-refractivity contribution in [2.75, 3.05) is 18.9 Å². The lowest BCUT2D eigenvalue weighted by atomic mass is 10.1. The van der Waals surface area contributed by atoms with Crippen molar-refractivity contribution >= 4 is 18.0 Å². The van der Waals surface area contributed by atoms with Gasteiger partial charge in [-0.05, 0) is 18.6 Å². The molecule has 1 aliphatic rings. The molecule has 0 spiro atoms. The summed E-state index contributed by atoms with van der Waals surface area (Å²) >= 11 is 0. The van der Waals surface area contributed by atoms with Crippen molar-refractivity contribution in [2.24, 2.45) is 9.98 Å². The molecule has 1 aromatic heterocycles. The molecule has 0 bridgehead atoms. The second kappa shape index (κ2) is 6.38. The molecule has 0 fully saturated rings. The number of guanidine groups is 1. The molecule has 0 aromatic carbocycles. The van der Waals surface area contributed by atoms with Gasteiger partial charge < -0.3 is 10.6 Å². The van der Waals surface area contributed by atoms with Crippen LogP contribution in [0.1, 0.15) is 18.2 Å². The molecule has 2 heterocycles. The SMILES string of the molecule is C/N=C(\N=C/C(C)F)Nc1ccc2c(n1)CCNC2. The molecule has 0 aliphatic carbocycles. The molecular formula is C13H18FN5. The minimum Gasteiger partial charge on any atom is -0.312 e. The smallest absolute Gasteiger partial charge is 0.223 e. The molecule has 1 aliphatic heterocycles. The van der Waals surface area contributed by atoms with Crippen molar-refractivity contribution in [1.82, 2.24) is 10.3 Å². The molecule has 6 heteroatoms. The van der Waals surface area contributed by atoms with Gasteiger partial charge in [-0.3, -0.25) is 4.99 Å². The van der Waals surface area contributed by atoms with Gasteiger partial charge in [0, 0.05) is 38.5 Å². The second-order valence-corrected chi connectivity index (χ2v) is 4.36. The summed E-state index contributed by atoms with van der Waals surface area (Å²) in [5.74, 6) is 1.04. The highest BCUT2D eigenvalue weighted by Gasteiger charge is 2.10. The van der Waals surface area contributed by atoms with Crippen LogP contribution in [0, 0.1) is 0 Å². The fraction of sp³-hybridized carbons (Fsp3) is 0.462. The minimum absolute atomic E-state index is 0.353. The average molecular weight is 263 g/mol. The van der Waals surface area contributed by atoms with E-state index in [2.05, 4.69) is 25.6 Å². The van der Waals surface area contributed by atoms with Gasteiger partial charge in [0.05, 0.1) is 0 Å². The van der Waals surface area contributed by atoms with Crippen LogP contribution in [0.5, 0.6) is 0 Å². The van der Waals surface area contributed by atoms with E-state index >= 15 is 0 Å². The van der Waals surface area contributed by atoms with Crippen molar-refractivity contribution in [2.45, 2.75) is 26.1 Å². The predicted octanol–water partition coefficient (Wildman–Crippen LogP) is 1.55. The number of anilines is 1. The Morgan fingerprint density at radius 1 is 1.58 bits per heavy atom. The molecule has 19 heavy (non-hydrogen) atoms. The third-order valence-corrected chi connectivity index (χ3v) is 2.78. The largest absolute Gasteiger partial charge is 0.312 e. The molecular weight excluding hydrogens is 245 g/mol. The van der Waals surface area contributed by atoms with Crippen LogP contribution in [0.15, 0.2) is 22.1 Å². The summed E-state index contributed by atoms with van der Waals surface area (Å²) < 4.78 is 12.7. The first-order valence-corrected chi connectivity index (χ1v) is 6.30. The third-order valence-electron chi connectivity index (χ3n) is 2.78. The maximum Gasteiger partial charge on any atom is 0.223 e. The molecule has 2 N–H and O–H groups in total. The number of hydrogen-bond donors (Lipinski definition) is 2. The quantitative estimate of drug-likeness (QED) is 0.628. The molecule has 2 rings (SSSR count). The molecule has 0 saturated heterocycles. The van der Waals surface area contributed by atoms with E-state index in [1.54, 1.807) is 7.05 Å². The third kappa shape index (κ3) is 3.82. The number of pyridine rings is 1. The number of nitrogens with zero attached hydrogens (tertiary/aromatic N) is 3. The van der Waals surface area contributed by atoms with Crippen molar-refractivity contribution < 1.29 is 4.39 Å². The summed E-state index contributed by atoms with van der Waals surface area (Å²) in [4.78, 5) is 12.4. The van der Waals surface area contributed by atoms with E-state index in [0.29, 0.717) is 11.8 Å². The molecule has 102 valence electrons. The van der Waals surface area contributed by atoms with Gasteiger partial charge in [-0.2, -0.15) is 0 Å². The summed E-state index contributed by atoms with van der Waals surface area (Å²) in [5, 5.41) is 6.28. The van der Waals surface area contributed by atoms with E-state index in [1.807, 2.05) is 12.1 Å².